The van der Waals surface area contributed by atoms with Crippen molar-refractivity contribution < 1.29 is 9.90 Å². The Morgan fingerprint density at radius 1 is 1.14 bits per heavy atom. The first kappa shape index (κ1) is 13.9. The molecule has 4 nitrogen and oxygen atoms in total. The minimum absolute atomic E-state index is 0.130. The van der Waals surface area contributed by atoms with Crippen LogP contribution in [0.2, 0.25) is 0 Å². The monoisotopic (exact) mass is 284 g/mol. The Hall–Kier alpha value is -2.07. The summed E-state index contributed by atoms with van der Waals surface area (Å²) >= 11 is 0. The van der Waals surface area contributed by atoms with Gasteiger partial charge in [0.15, 0.2) is 0 Å². The summed E-state index contributed by atoms with van der Waals surface area (Å²) in [6.45, 7) is 0.338. The van der Waals surface area contributed by atoms with Crippen LogP contribution in [0, 0.1) is 0 Å². The number of amides is 1. The minimum Gasteiger partial charge on any atom is -0.388 e. The van der Waals surface area contributed by atoms with Crippen LogP contribution in [0.25, 0.3) is 5.69 Å². The van der Waals surface area contributed by atoms with E-state index < -0.39 is 5.60 Å². The molecule has 1 fully saturated rings. The van der Waals surface area contributed by atoms with Crippen molar-refractivity contribution in [1.29, 1.82) is 0 Å². The zero-order valence-electron chi connectivity index (χ0n) is 12.0. The number of carbonyl (C=O) groups is 1. The van der Waals surface area contributed by atoms with Crippen molar-refractivity contribution in [2.45, 2.75) is 31.3 Å². The van der Waals surface area contributed by atoms with E-state index in [9.17, 15) is 9.90 Å². The lowest BCUT2D eigenvalue weighted by Gasteiger charge is -2.22. The first-order valence-corrected chi connectivity index (χ1v) is 7.40. The molecule has 1 aliphatic rings. The van der Waals surface area contributed by atoms with E-state index in [1.165, 1.54) is 0 Å². The van der Waals surface area contributed by atoms with E-state index in [2.05, 4.69) is 5.32 Å². The molecule has 0 unspecified atom stereocenters. The Kier molecular flexibility index (Phi) is 3.80. The molecule has 1 heterocycles. The minimum atomic E-state index is -0.708. The van der Waals surface area contributed by atoms with E-state index in [1.807, 2.05) is 53.4 Å². The molecule has 2 N–H and O–H groups in total. The Bertz CT molecular complexity index is 596. The van der Waals surface area contributed by atoms with E-state index in [1.54, 1.807) is 0 Å². The van der Waals surface area contributed by atoms with Crippen molar-refractivity contribution in [1.82, 2.24) is 9.88 Å². The smallest absolute Gasteiger partial charge is 0.251 e. The normalized spacial score (nSPS) is 16.8. The summed E-state index contributed by atoms with van der Waals surface area (Å²) in [4.78, 5) is 12.1. The maximum Gasteiger partial charge on any atom is 0.251 e. The van der Waals surface area contributed by atoms with Gasteiger partial charge in [0.1, 0.15) is 0 Å². The molecule has 1 aromatic carbocycles. The largest absolute Gasteiger partial charge is 0.388 e. The van der Waals surface area contributed by atoms with Gasteiger partial charge in [-0.25, -0.2) is 0 Å². The molecule has 0 atom stereocenters. The lowest BCUT2D eigenvalue weighted by Crippen LogP contribution is -2.40. The molecule has 0 bridgehead atoms. The van der Waals surface area contributed by atoms with E-state index >= 15 is 0 Å². The van der Waals surface area contributed by atoms with Gasteiger partial charge >= 0.3 is 0 Å². The number of aromatic nitrogens is 1. The Morgan fingerprint density at radius 3 is 2.38 bits per heavy atom. The number of rotatable bonds is 4. The summed E-state index contributed by atoms with van der Waals surface area (Å²) in [5.41, 5.74) is 0.930. The molecule has 0 radical (unpaired) electrons. The number of carbonyl (C=O) groups excluding carboxylic acids is 1. The van der Waals surface area contributed by atoms with Crippen LogP contribution in [0.5, 0.6) is 0 Å². The van der Waals surface area contributed by atoms with Gasteiger partial charge in [-0.15, -0.1) is 0 Å². The van der Waals surface area contributed by atoms with Crippen molar-refractivity contribution in [3.63, 3.8) is 0 Å². The molecule has 110 valence electrons. The maximum absolute atomic E-state index is 12.1. The molecule has 4 heteroatoms. The lowest BCUT2D eigenvalue weighted by molar-refractivity contribution is 0.0449. The Morgan fingerprint density at radius 2 is 1.76 bits per heavy atom. The molecule has 1 amide bonds. The molecule has 21 heavy (non-hydrogen) atoms. The highest BCUT2D eigenvalue weighted by atomic mass is 16.3. The van der Waals surface area contributed by atoms with Crippen molar-refractivity contribution in [3.8, 4) is 5.69 Å². The zero-order chi connectivity index (χ0) is 14.7. The molecule has 1 aromatic heterocycles. The number of benzene rings is 1. The summed E-state index contributed by atoms with van der Waals surface area (Å²) in [6.07, 6.45) is 7.56. The van der Waals surface area contributed by atoms with Crippen molar-refractivity contribution >= 4 is 5.91 Å². The van der Waals surface area contributed by atoms with E-state index in [-0.39, 0.29) is 5.91 Å². The molecule has 1 aliphatic carbocycles. The zero-order valence-corrected chi connectivity index (χ0v) is 12.0. The predicted molar refractivity (Wildman–Crippen MR) is 81.5 cm³/mol. The summed E-state index contributed by atoms with van der Waals surface area (Å²) in [7, 11) is 0. The second kappa shape index (κ2) is 5.74. The van der Waals surface area contributed by atoms with Gasteiger partial charge in [0.05, 0.1) is 5.60 Å². The molecular weight excluding hydrogens is 264 g/mol. The maximum atomic E-state index is 12.1. The van der Waals surface area contributed by atoms with Crippen LogP contribution in [0.15, 0.2) is 48.8 Å². The average molecular weight is 284 g/mol. The molecular formula is C17H20N2O2. The summed E-state index contributed by atoms with van der Waals surface area (Å²) in [5.74, 6) is -0.130. The first-order chi connectivity index (χ1) is 10.2. The highest BCUT2D eigenvalue weighted by molar-refractivity contribution is 5.94. The van der Waals surface area contributed by atoms with Crippen LogP contribution in [0.4, 0.5) is 0 Å². The molecule has 0 saturated heterocycles. The van der Waals surface area contributed by atoms with Crippen molar-refractivity contribution in [3.05, 3.63) is 54.4 Å². The van der Waals surface area contributed by atoms with E-state index in [0.717, 1.165) is 31.4 Å². The van der Waals surface area contributed by atoms with Gasteiger partial charge in [0.2, 0.25) is 0 Å². The Labute approximate surface area is 124 Å². The van der Waals surface area contributed by atoms with Crippen LogP contribution in [-0.4, -0.2) is 27.7 Å². The van der Waals surface area contributed by atoms with Gasteiger partial charge in [0, 0.05) is 30.2 Å². The highest BCUT2D eigenvalue weighted by Gasteiger charge is 2.31. The van der Waals surface area contributed by atoms with Crippen LogP contribution in [0.3, 0.4) is 0 Å². The molecule has 3 rings (SSSR count). The third-order valence-corrected chi connectivity index (χ3v) is 4.14. The van der Waals surface area contributed by atoms with Crippen molar-refractivity contribution in [2.24, 2.45) is 0 Å². The standard InChI is InChI=1S/C17H20N2O2/c20-16(18-13-17(21)9-1-2-10-17)14-5-7-15(8-6-14)19-11-3-4-12-19/h3-8,11-12,21H,1-2,9-10,13H2,(H,18,20). The van der Waals surface area contributed by atoms with E-state index in [4.69, 9.17) is 0 Å². The highest BCUT2D eigenvalue weighted by Crippen LogP contribution is 2.28. The van der Waals surface area contributed by atoms with Crippen LogP contribution >= 0.6 is 0 Å². The molecule has 2 aromatic rings. The second-order valence-corrected chi connectivity index (χ2v) is 5.75. The first-order valence-electron chi connectivity index (χ1n) is 7.40. The van der Waals surface area contributed by atoms with Crippen LogP contribution in [0.1, 0.15) is 36.0 Å². The van der Waals surface area contributed by atoms with E-state index in [0.29, 0.717) is 12.1 Å². The average Bonchev–Trinajstić information content (AvgIpc) is 3.17. The third kappa shape index (κ3) is 3.16. The van der Waals surface area contributed by atoms with Gasteiger partial charge in [-0.3, -0.25) is 4.79 Å². The summed E-state index contributed by atoms with van der Waals surface area (Å²) in [5, 5.41) is 13.1. The number of nitrogens with zero attached hydrogens (tertiary/aromatic N) is 1. The van der Waals surface area contributed by atoms with Gasteiger partial charge in [-0.2, -0.15) is 0 Å². The SMILES string of the molecule is O=C(NCC1(O)CCCC1)c1ccc(-n2cccc2)cc1. The molecule has 1 saturated carbocycles. The van der Waals surface area contributed by atoms with Gasteiger partial charge in [0.25, 0.3) is 5.91 Å². The quantitative estimate of drug-likeness (QED) is 0.906. The van der Waals surface area contributed by atoms with Gasteiger partial charge in [-0.1, -0.05) is 12.8 Å². The fourth-order valence-corrected chi connectivity index (χ4v) is 2.85. The van der Waals surface area contributed by atoms with Crippen molar-refractivity contribution in [2.75, 3.05) is 6.54 Å². The fourth-order valence-electron chi connectivity index (χ4n) is 2.85. The number of hydrogen-bond acceptors (Lipinski definition) is 2. The van der Waals surface area contributed by atoms with Crippen LogP contribution in [-0.2, 0) is 0 Å². The summed E-state index contributed by atoms with van der Waals surface area (Å²) in [6, 6.07) is 11.4. The number of hydrogen-bond donors (Lipinski definition) is 2. The third-order valence-electron chi connectivity index (χ3n) is 4.14. The van der Waals surface area contributed by atoms with Gasteiger partial charge < -0.3 is 15.0 Å². The summed E-state index contributed by atoms with van der Waals surface area (Å²) < 4.78 is 1.99. The fraction of sp³-hybridized carbons (Fsp3) is 0.353. The molecule has 0 spiro atoms. The van der Waals surface area contributed by atoms with Crippen LogP contribution < -0.4 is 5.32 Å². The lowest BCUT2D eigenvalue weighted by atomic mass is 10.0. The number of aliphatic hydroxyl groups is 1. The second-order valence-electron chi connectivity index (χ2n) is 5.75. The Balaban J connectivity index is 1.62. The van der Waals surface area contributed by atoms with Gasteiger partial charge in [-0.05, 0) is 49.2 Å². The molecule has 0 aliphatic heterocycles. The topological polar surface area (TPSA) is 54.3 Å². The predicted octanol–water partition coefficient (Wildman–Crippen LogP) is 2.51. The number of nitrogens with one attached hydrogen (secondary N) is 1.